The smallest absolute Gasteiger partial charge is 0.271 e. The molecule has 1 amide bonds. The van der Waals surface area contributed by atoms with Crippen molar-refractivity contribution in [2.75, 3.05) is 0 Å². The van der Waals surface area contributed by atoms with Crippen LogP contribution in [0.25, 0.3) is 16.9 Å². The third kappa shape index (κ3) is 4.22. The summed E-state index contributed by atoms with van der Waals surface area (Å²) in [5.41, 5.74) is 6.20. The lowest BCUT2D eigenvalue weighted by Gasteiger charge is -2.01. The highest BCUT2D eigenvalue weighted by Gasteiger charge is 2.11. The number of aromatic nitrogens is 2. The molecule has 0 spiro atoms. The van der Waals surface area contributed by atoms with Gasteiger partial charge in [0, 0.05) is 22.9 Å². The van der Waals surface area contributed by atoms with Crippen LogP contribution in [-0.4, -0.2) is 27.0 Å². The molecule has 2 N–H and O–H groups in total. The van der Waals surface area contributed by atoms with Crippen LogP contribution >= 0.6 is 0 Å². The number of carbonyl (C=O) groups is 1. The fourth-order valence-corrected chi connectivity index (χ4v) is 2.89. The molecule has 1 aromatic heterocycles. The molecule has 0 atom stereocenters. The second kappa shape index (κ2) is 8.22. The Bertz CT molecular complexity index is 1150. The second-order valence-corrected chi connectivity index (χ2v) is 6.33. The highest BCUT2D eigenvalue weighted by atomic mass is 16.3. The number of rotatable bonds is 5. The van der Waals surface area contributed by atoms with Crippen molar-refractivity contribution in [3.05, 3.63) is 102 Å². The Labute approximate surface area is 167 Å². The Hall–Kier alpha value is -4.19. The van der Waals surface area contributed by atoms with Crippen LogP contribution in [0.2, 0.25) is 0 Å². The van der Waals surface area contributed by atoms with Gasteiger partial charge in [-0.15, -0.1) is 0 Å². The van der Waals surface area contributed by atoms with Crippen molar-refractivity contribution < 1.29 is 9.90 Å². The minimum Gasteiger partial charge on any atom is -0.508 e. The molecule has 0 aliphatic heterocycles. The van der Waals surface area contributed by atoms with E-state index in [4.69, 9.17) is 5.10 Å². The van der Waals surface area contributed by atoms with E-state index in [0.717, 1.165) is 22.5 Å². The first-order valence-electron chi connectivity index (χ1n) is 9.04. The number of benzene rings is 3. The van der Waals surface area contributed by atoms with E-state index in [1.165, 1.54) is 12.1 Å². The van der Waals surface area contributed by atoms with E-state index in [9.17, 15) is 9.90 Å². The largest absolute Gasteiger partial charge is 0.508 e. The molecule has 0 saturated carbocycles. The van der Waals surface area contributed by atoms with Crippen molar-refractivity contribution in [1.82, 2.24) is 15.2 Å². The number of phenolic OH excluding ortho intramolecular Hbond substituents is 1. The number of hydrogen-bond donors (Lipinski definition) is 2. The van der Waals surface area contributed by atoms with Gasteiger partial charge < -0.3 is 5.11 Å². The van der Waals surface area contributed by atoms with E-state index in [-0.39, 0.29) is 5.75 Å². The van der Waals surface area contributed by atoms with Crippen LogP contribution in [0, 0.1) is 0 Å². The highest BCUT2D eigenvalue weighted by Crippen LogP contribution is 2.22. The molecule has 3 aromatic carbocycles. The molecule has 142 valence electrons. The maximum Gasteiger partial charge on any atom is 0.271 e. The third-order valence-electron chi connectivity index (χ3n) is 4.29. The fourth-order valence-electron chi connectivity index (χ4n) is 2.89. The summed E-state index contributed by atoms with van der Waals surface area (Å²) in [5.74, 6) is -0.383. The maximum absolute atomic E-state index is 12.2. The summed E-state index contributed by atoms with van der Waals surface area (Å²) >= 11 is 0. The Morgan fingerprint density at radius 2 is 1.69 bits per heavy atom. The van der Waals surface area contributed by atoms with Gasteiger partial charge in [0.1, 0.15) is 11.4 Å². The van der Waals surface area contributed by atoms with E-state index in [1.54, 1.807) is 23.0 Å². The quantitative estimate of drug-likeness (QED) is 0.404. The molecule has 0 saturated heterocycles. The molecule has 4 rings (SSSR count). The molecule has 6 nitrogen and oxygen atoms in total. The molecule has 0 bridgehead atoms. The highest BCUT2D eigenvalue weighted by molar-refractivity contribution is 5.96. The fraction of sp³-hybridized carbons (Fsp3) is 0. The van der Waals surface area contributed by atoms with E-state index in [0.29, 0.717) is 5.56 Å². The molecule has 4 aromatic rings. The zero-order chi connectivity index (χ0) is 20.1. The lowest BCUT2D eigenvalue weighted by atomic mass is 10.1. The molecule has 0 radical (unpaired) electrons. The van der Waals surface area contributed by atoms with Gasteiger partial charge in [0.15, 0.2) is 0 Å². The van der Waals surface area contributed by atoms with Crippen molar-refractivity contribution >= 4 is 12.1 Å². The summed E-state index contributed by atoms with van der Waals surface area (Å²) in [5, 5.41) is 18.3. The van der Waals surface area contributed by atoms with Gasteiger partial charge in [-0.3, -0.25) is 4.79 Å². The van der Waals surface area contributed by atoms with E-state index in [1.807, 2.05) is 66.9 Å². The predicted molar refractivity (Wildman–Crippen MR) is 112 cm³/mol. The van der Waals surface area contributed by atoms with Crippen LogP contribution in [0.15, 0.2) is 96.2 Å². The van der Waals surface area contributed by atoms with Crippen LogP contribution in [0.4, 0.5) is 0 Å². The van der Waals surface area contributed by atoms with Gasteiger partial charge in [-0.1, -0.05) is 54.6 Å². The van der Waals surface area contributed by atoms with Crippen LogP contribution in [0.1, 0.15) is 15.9 Å². The Morgan fingerprint density at radius 1 is 0.966 bits per heavy atom. The van der Waals surface area contributed by atoms with Gasteiger partial charge in [-0.05, 0) is 30.3 Å². The summed E-state index contributed by atoms with van der Waals surface area (Å²) in [6.45, 7) is 0. The van der Waals surface area contributed by atoms with Gasteiger partial charge in [0.25, 0.3) is 5.91 Å². The van der Waals surface area contributed by atoms with Crippen LogP contribution in [0.5, 0.6) is 5.75 Å². The zero-order valence-corrected chi connectivity index (χ0v) is 15.4. The summed E-state index contributed by atoms with van der Waals surface area (Å²) in [6.07, 6.45) is 3.43. The van der Waals surface area contributed by atoms with Crippen LogP contribution < -0.4 is 5.43 Å². The van der Waals surface area contributed by atoms with E-state index in [2.05, 4.69) is 10.5 Å². The first-order valence-corrected chi connectivity index (χ1v) is 9.04. The van der Waals surface area contributed by atoms with Gasteiger partial charge in [0.05, 0.1) is 11.9 Å². The summed E-state index contributed by atoms with van der Waals surface area (Å²) in [7, 11) is 0. The lowest BCUT2D eigenvalue weighted by Crippen LogP contribution is -2.17. The Kier molecular flexibility index (Phi) is 5.16. The monoisotopic (exact) mass is 382 g/mol. The minimum atomic E-state index is -0.408. The molecule has 1 heterocycles. The maximum atomic E-state index is 12.2. The number of hydrazone groups is 1. The number of phenols is 1. The van der Waals surface area contributed by atoms with Crippen molar-refractivity contribution in [1.29, 1.82) is 0 Å². The van der Waals surface area contributed by atoms with E-state index < -0.39 is 5.91 Å². The average Bonchev–Trinajstić information content (AvgIpc) is 3.19. The predicted octanol–water partition coefficient (Wildman–Crippen LogP) is 4.01. The lowest BCUT2D eigenvalue weighted by molar-refractivity contribution is 0.0954. The first-order chi connectivity index (χ1) is 14.2. The van der Waals surface area contributed by atoms with Crippen LogP contribution in [0.3, 0.4) is 0 Å². The summed E-state index contributed by atoms with van der Waals surface area (Å²) in [4.78, 5) is 12.2. The standard InChI is InChI=1S/C23H18N4O2/c28-21-13-7-10-18(14-21)23(29)25-24-15-19-16-27(20-11-5-2-6-12-20)26-22(19)17-8-3-1-4-9-17/h1-16,28H,(H,25,29)/b24-15+. The minimum absolute atomic E-state index is 0.0251. The number of aromatic hydroxyl groups is 1. The molecule has 6 heteroatoms. The number of amides is 1. The van der Waals surface area contributed by atoms with Gasteiger partial charge in [-0.2, -0.15) is 10.2 Å². The normalized spacial score (nSPS) is 10.9. The van der Waals surface area contributed by atoms with Crippen molar-refractivity contribution in [3.63, 3.8) is 0 Å². The molecule has 0 fully saturated rings. The molecule has 0 aliphatic carbocycles. The first kappa shape index (κ1) is 18.2. The number of para-hydroxylation sites is 1. The van der Waals surface area contributed by atoms with Crippen molar-refractivity contribution in [2.24, 2.45) is 5.10 Å². The van der Waals surface area contributed by atoms with Gasteiger partial charge in [-0.25, -0.2) is 10.1 Å². The van der Waals surface area contributed by atoms with Crippen molar-refractivity contribution in [2.45, 2.75) is 0 Å². The van der Waals surface area contributed by atoms with E-state index >= 15 is 0 Å². The number of carbonyl (C=O) groups excluding carboxylic acids is 1. The molecule has 0 aliphatic rings. The Morgan fingerprint density at radius 3 is 2.41 bits per heavy atom. The average molecular weight is 382 g/mol. The number of hydrogen-bond acceptors (Lipinski definition) is 4. The third-order valence-corrected chi connectivity index (χ3v) is 4.29. The zero-order valence-electron chi connectivity index (χ0n) is 15.4. The number of nitrogens with zero attached hydrogens (tertiary/aromatic N) is 3. The van der Waals surface area contributed by atoms with Gasteiger partial charge in [0.2, 0.25) is 0 Å². The molecular formula is C23H18N4O2. The SMILES string of the molecule is O=C(N/N=C/c1cn(-c2ccccc2)nc1-c1ccccc1)c1cccc(O)c1. The molecule has 0 unspecified atom stereocenters. The Balaban J connectivity index is 1.62. The van der Waals surface area contributed by atoms with Gasteiger partial charge >= 0.3 is 0 Å². The molecule has 29 heavy (non-hydrogen) atoms. The number of nitrogens with one attached hydrogen (secondary N) is 1. The second-order valence-electron chi connectivity index (χ2n) is 6.33. The van der Waals surface area contributed by atoms with Crippen molar-refractivity contribution in [3.8, 4) is 22.7 Å². The summed E-state index contributed by atoms with van der Waals surface area (Å²) < 4.78 is 1.78. The molecular weight excluding hydrogens is 364 g/mol. The van der Waals surface area contributed by atoms with Crippen LogP contribution in [-0.2, 0) is 0 Å². The topological polar surface area (TPSA) is 79.5 Å². The summed E-state index contributed by atoms with van der Waals surface area (Å²) in [6, 6.07) is 25.6.